The Labute approximate surface area is 154 Å². The molecule has 1 aromatic carbocycles. The largest absolute Gasteiger partial charge is 0.404 e. The number of hydrogen-bond donors (Lipinski definition) is 1. The number of Topliss-reactive ketones (excluding diaryl/α,β-unsaturated/α-hetero) is 1. The highest BCUT2D eigenvalue weighted by Gasteiger charge is 2.17. The van der Waals surface area contributed by atoms with Gasteiger partial charge < -0.3 is 10.3 Å². The average molecular weight is 407 g/mol. The second-order valence-electron chi connectivity index (χ2n) is 5.54. The van der Waals surface area contributed by atoms with E-state index in [2.05, 4.69) is 25.9 Å². The molecule has 0 aliphatic rings. The van der Waals surface area contributed by atoms with Crippen molar-refractivity contribution < 1.29 is 9.18 Å². The lowest BCUT2D eigenvalue weighted by Crippen LogP contribution is -2.10. The Morgan fingerprint density at radius 1 is 1.48 bits per heavy atom. The van der Waals surface area contributed by atoms with Crippen molar-refractivity contribution in [3.8, 4) is 11.4 Å². The highest BCUT2D eigenvalue weighted by molar-refractivity contribution is 9.18. The minimum atomic E-state index is -0.454. The molecule has 1 aromatic heterocycles. The normalized spacial score (nSPS) is 12.5. The summed E-state index contributed by atoms with van der Waals surface area (Å²) in [6.45, 7) is 6.25. The fourth-order valence-electron chi connectivity index (χ4n) is 2.50. The van der Waals surface area contributed by atoms with Gasteiger partial charge in [0.25, 0.3) is 0 Å². The summed E-state index contributed by atoms with van der Waals surface area (Å²) in [7, 11) is 0. The number of carbonyl (C=O) groups is 1. The molecular formula is C18H20BrFN4O. The van der Waals surface area contributed by atoms with E-state index in [1.165, 1.54) is 25.3 Å². The third kappa shape index (κ3) is 4.42. The number of hydrogen-bond acceptors (Lipinski definition) is 4. The van der Waals surface area contributed by atoms with Gasteiger partial charge in [0.2, 0.25) is 0 Å². The van der Waals surface area contributed by atoms with Gasteiger partial charge in [0.1, 0.15) is 16.3 Å². The Bertz CT molecular complexity index is 855. The molecule has 0 aliphatic heterocycles. The monoisotopic (exact) mass is 406 g/mol. The van der Waals surface area contributed by atoms with Crippen LogP contribution in [0.1, 0.15) is 29.9 Å². The van der Waals surface area contributed by atoms with Crippen LogP contribution in [0.25, 0.3) is 11.4 Å². The zero-order valence-corrected chi connectivity index (χ0v) is 16.0. The summed E-state index contributed by atoms with van der Waals surface area (Å²) in [4.78, 5) is 20.7. The standard InChI is InChI=1S/C18H20BrFN4O/c1-4-22-17(19)13(8-21)10-24-9-11(2)23-18(24)15-6-5-14(20)7-16(15)12(3)25/h5-9H,4,10,21H2,1-3H3. The zero-order chi connectivity index (χ0) is 18.6. The van der Waals surface area contributed by atoms with Crippen LogP contribution in [0.15, 0.2) is 41.2 Å². The summed E-state index contributed by atoms with van der Waals surface area (Å²) < 4.78 is 16.1. The molecule has 0 aliphatic carbocycles. The summed E-state index contributed by atoms with van der Waals surface area (Å²) in [5.41, 5.74) is 8.19. The van der Waals surface area contributed by atoms with Crippen LogP contribution in [0.5, 0.6) is 0 Å². The van der Waals surface area contributed by atoms with E-state index in [9.17, 15) is 9.18 Å². The molecule has 0 radical (unpaired) electrons. The first kappa shape index (κ1) is 19.1. The predicted octanol–water partition coefficient (Wildman–Crippen LogP) is 3.86. The van der Waals surface area contributed by atoms with Crippen molar-refractivity contribution in [3.63, 3.8) is 0 Å². The molecule has 0 fully saturated rings. The second-order valence-corrected chi connectivity index (χ2v) is 6.29. The molecule has 0 atom stereocenters. The first-order chi connectivity index (χ1) is 11.9. The summed E-state index contributed by atoms with van der Waals surface area (Å²) >= 11 is 3.42. The van der Waals surface area contributed by atoms with E-state index in [0.717, 1.165) is 11.3 Å². The van der Waals surface area contributed by atoms with Crippen molar-refractivity contribution in [2.24, 2.45) is 10.7 Å². The molecule has 1 heterocycles. The van der Waals surface area contributed by atoms with Crippen molar-refractivity contribution in [2.45, 2.75) is 27.3 Å². The molecular weight excluding hydrogens is 387 g/mol. The quantitative estimate of drug-likeness (QED) is 0.584. The third-order valence-electron chi connectivity index (χ3n) is 3.60. The fraction of sp³-hybridized carbons (Fsp3) is 0.278. The molecule has 5 nitrogen and oxygen atoms in total. The highest BCUT2D eigenvalue weighted by atomic mass is 79.9. The van der Waals surface area contributed by atoms with Gasteiger partial charge in [-0.2, -0.15) is 0 Å². The molecule has 2 N–H and O–H groups in total. The van der Waals surface area contributed by atoms with Crippen LogP contribution in [-0.2, 0) is 6.54 Å². The lowest BCUT2D eigenvalue weighted by molar-refractivity contribution is 0.101. The minimum absolute atomic E-state index is 0.218. The van der Waals surface area contributed by atoms with E-state index in [4.69, 9.17) is 5.73 Å². The number of nitrogens with zero attached hydrogens (tertiary/aromatic N) is 3. The van der Waals surface area contributed by atoms with E-state index >= 15 is 0 Å². The average Bonchev–Trinajstić information content (AvgIpc) is 2.92. The molecule has 2 rings (SSSR count). The number of imidazole rings is 1. The van der Waals surface area contributed by atoms with Crippen molar-refractivity contribution in [3.05, 3.63) is 53.2 Å². The van der Waals surface area contributed by atoms with Gasteiger partial charge in [-0.15, -0.1) is 0 Å². The van der Waals surface area contributed by atoms with Crippen molar-refractivity contribution in [1.82, 2.24) is 9.55 Å². The number of ketones is 1. The van der Waals surface area contributed by atoms with Crippen LogP contribution in [0.3, 0.4) is 0 Å². The van der Waals surface area contributed by atoms with E-state index in [0.29, 0.717) is 34.7 Å². The van der Waals surface area contributed by atoms with Crippen molar-refractivity contribution in [2.75, 3.05) is 6.54 Å². The number of aromatic nitrogens is 2. The molecule has 0 saturated carbocycles. The maximum Gasteiger partial charge on any atom is 0.160 e. The molecule has 0 amide bonds. The molecule has 0 bridgehead atoms. The molecule has 0 unspecified atom stereocenters. The number of allylic oxidation sites excluding steroid dienone is 1. The minimum Gasteiger partial charge on any atom is -0.404 e. The molecule has 2 aromatic rings. The smallest absolute Gasteiger partial charge is 0.160 e. The Morgan fingerprint density at radius 2 is 2.20 bits per heavy atom. The molecule has 0 saturated heterocycles. The Morgan fingerprint density at radius 3 is 2.80 bits per heavy atom. The van der Waals surface area contributed by atoms with Gasteiger partial charge in [0.05, 0.1) is 12.2 Å². The molecule has 0 spiro atoms. The zero-order valence-electron chi connectivity index (χ0n) is 14.4. The fourth-order valence-corrected chi connectivity index (χ4v) is 3.00. The topological polar surface area (TPSA) is 73.3 Å². The SMILES string of the molecule is CCN=C(Br)C(=CN)Cn1cc(C)nc1-c1ccc(F)cc1C(C)=O. The van der Waals surface area contributed by atoms with E-state index < -0.39 is 5.82 Å². The van der Waals surface area contributed by atoms with Crippen LogP contribution in [0, 0.1) is 12.7 Å². The maximum atomic E-state index is 13.6. The number of halogens is 2. The number of benzene rings is 1. The van der Waals surface area contributed by atoms with Gasteiger partial charge in [0.15, 0.2) is 5.78 Å². The van der Waals surface area contributed by atoms with Crippen LogP contribution >= 0.6 is 15.9 Å². The summed E-state index contributed by atoms with van der Waals surface area (Å²) in [6.07, 6.45) is 3.34. The number of nitrogens with two attached hydrogens (primary N) is 1. The highest BCUT2D eigenvalue weighted by Crippen LogP contribution is 2.26. The third-order valence-corrected chi connectivity index (χ3v) is 4.36. The molecule has 7 heteroatoms. The lowest BCUT2D eigenvalue weighted by atomic mass is 10.0. The maximum absolute atomic E-state index is 13.6. The van der Waals surface area contributed by atoms with E-state index in [-0.39, 0.29) is 5.78 Å². The first-order valence-corrected chi connectivity index (χ1v) is 8.62. The summed E-state index contributed by atoms with van der Waals surface area (Å²) in [5, 5.41) is 0. The number of aliphatic imine (C=N–C) groups is 1. The Balaban J connectivity index is 2.53. The van der Waals surface area contributed by atoms with Gasteiger partial charge in [-0.05, 0) is 54.9 Å². The predicted molar refractivity (Wildman–Crippen MR) is 102 cm³/mol. The number of carbonyl (C=O) groups excluding carboxylic acids is 1. The Hall–Kier alpha value is -2.28. The molecule has 132 valence electrons. The Kier molecular flexibility index (Phi) is 6.25. The molecule has 25 heavy (non-hydrogen) atoms. The van der Waals surface area contributed by atoms with Gasteiger partial charge in [0, 0.05) is 35.6 Å². The van der Waals surface area contributed by atoms with Gasteiger partial charge >= 0.3 is 0 Å². The second kappa shape index (κ2) is 8.20. The van der Waals surface area contributed by atoms with Crippen LogP contribution in [0.2, 0.25) is 0 Å². The van der Waals surface area contributed by atoms with Crippen LogP contribution in [0.4, 0.5) is 4.39 Å². The van der Waals surface area contributed by atoms with Gasteiger partial charge in [-0.1, -0.05) is 0 Å². The first-order valence-electron chi connectivity index (χ1n) is 7.83. The van der Waals surface area contributed by atoms with Crippen molar-refractivity contribution >= 4 is 26.3 Å². The van der Waals surface area contributed by atoms with E-state index in [1.54, 1.807) is 6.07 Å². The van der Waals surface area contributed by atoms with Gasteiger partial charge in [-0.25, -0.2) is 9.37 Å². The summed E-state index contributed by atoms with van der Waals surface area (Å²) in [6, 6.07) is 4.13. The number of aryl methyl sites for hydroxylation is 1. The van der Waals surface area contributed by atoms with E-state index in [1.807, 2.05) is 24.6 Å². The lowest BCUT2D eigenvalue weighted by Gasteiger charge is -2.12. The van der Waals surface area contributed by atoms with Crippen LogP contribution < -0.4 is 5.73 Å². The van der Waals surface area contributed by atoms with Crippen molar-refractivity contribution in [1.29, 1.82) is 0 Å². The number of rotatable bonds is 6. The van der Waals surface area contributed by atoms with Crippen LogP contribution in [-0.4, -0.2) is 26.5 Å². The van der Waals surface area contributed by atoms with Gasteiger partial charge in [-0.3, -0.25) is 9.79 Å². The summed E-state index contributed by atoms with van der Waals surface area (Å²) in [5.74, 6) is -0.0898.